The van der Waals surface area contributed by atoms with Crippen LogP contribution in [0.5, 0.6) is 0 Å². The lowest BCUT2D eigenvalue weighted by Gasteiger charge is -2.38. The summed E-state index contributed by atoms with van der Waals surface area (Å²) in [6.07, 6.45) is 10.9. The summed E-state index contributed by atoms with van der Waals surface area (Å²) >= 11 is 3.56. The Morgan fingerprint density at radius 2 is 1.83 bits per heavy atom. The maximum atomic E-state index is 6.55. The van der Waals surface area contributed by atoms with Crippen LogP contribution in [-0.4, -0.2) is 74.6 Å². The molecule has 0 spiro atoms. The molecule has 0 bridgehead atoms. The van der Waals surface area contributed by atoms with Gasteiger partial charge in [-0.25, -0.2) is 0 Å². The number of hydrogen-bond acceptors (Lipinski definition) is 6. The van der Waals surface area contributed by atoms with Crippen LogP contribution in [0.3, 0.4) is 0 Å². The highest BCUT2D eigenvalue weighted by atomic mass is 79.9. The van der Waals surface area contributed by atoms with Crippen LogP contribution in [-0.2, 0) is 4.74 Å². The number of aliphatic imine (C=N–C) groups is 1. The number of para-hydroxylation sites is 1. The molecule has 1 saturated heterocycles. The van der Waals surface area contributed by atoms with E-state index >= 15 is 0 Å². The quantitative estimate of drug-likeness (QED) is 0.408. The highest BCUT2D eigenvalue weighted by molar-refractivity contribution is 9.10. The van der Waals surface area contributed by atoms with E-state index in [-0.39, 0.29) is 0 Å². The molecule has 0 saturated carbocycles. The molecule has 214 valence electrons. The first-order valence-corrected chi connectivity index (χ1v) is 16.1. The predicted molar refractivity (Wildman–Crippen MR) is 172 cm³/mol. The molecule has 1 N–H and O–H groups in total. The third-order valence-corrected chi connectivity index (χ3v) is 9.94. The second-order valence-corrected chi connectivity index (χ2v) is 12.9. The Kier molecular flexibility index (Phi) is 8.01. The highest BCUT2D eigenvalue weighted by Crippen LogP contribution is 2.37. The monoisotopic (exact) mass is 613 g/mol. The molecule has 0 amide bonds. The minimum atomic E-state index is 0.483. The number of piperazine rings is 1. The fourth-order valence-electron chi connectivity index (χ4n) is 7.12. The largest absolute Gasteiger partial charge is 0.476 e. The van der Waals surface area contributed by atoms with Gasteiger partial charge in [0.15, 0.2) is 0 Å². The Bertz CT molecular complexity index is 1370. The van der Waals surface area contributed by atoms with E-state index in [0.717, 1.165) is 94.0 Å². The Labute approximate surface area is 252 Å². The van der Waals surface area contributed by atoms with Gasteiger partial charge < -0.3 is 15.0 Å². The summed E-state index contributed by atoms with van der Waals surface area (Å²) in [4.78, 5) is 12.7. The Balaban J connectivity index is 0.996. The molecule has 7 heteroatoms. The van der Waals surface area contributed by atoms with Crippen molar-refractivity contribution in [2.45, 2.75) is 31.6 Å². The lowest BCUT2D eigenvalue weighted by atomic mass is 9.90. The van der Waals surface area contributed by atoms with Gasteiger partial charge in [0.05, 0.1) is 0 Å². The molecule has 6 nitrogen and oxygen atoms in total. The van der Waals surface area contributed by atoms with Crippen LogP contribution in [0, 0.1) is 5.92 Å². The number of fused-ring (bicyclic) bond motifs is 3. The first-order valence-electron chi connectivity index (χ1n) is 15.3. The number of rotatable bonds is 6. The predicted octanol–water partition coefficient (Wildman–Crippen LogP) is 6.41. The molecule has 41 heavy (non-hydrogen) atoms. The van der Waals surface area contributed by atoms with Crippen molar-refractivity contribution < 1.29 is 4.74 Å². The molecule has 2 aromatic rings. The van der Waals surface area contributed by atoms with Crippen LogP contribution in [0.2, 0.25) is 0 Å². The lowest BCUT2D eigenvalue weighted by molar-refractivity contribution is 0.0636. The molecule has 2 atom stereocenters. The van der Waals surface area contributed by atoms with E-state index in [1.807, 2.05) is 6.20 Å². The van der Waals surface area contributed by atoms with E-state index in [4.69, 9.17) is 9.73 Å². The van der Waals surface area contributed by atoms with Crippen LogP contribution in [0.4, 0.5) is 11.4 Å². The van der Waals surface area contributed by atoms with Gasteiger partial charge in [0.2, 0.25) is 0 Å². The average Bonchev–Trinajstić information content (AvgIpc) is 3.18. The summed E-state index contributed by atoms with van der Waals surface area (Å²) in [6, 6.07) is 17.5. The molecule has 7 rings (SSSR count). The number of hydrogen-bond donors (Lipinski definition) is 1. The van der Waals surface area contributed by atoms with Crippen LogP contribution in [0.15, 0.2) is 93.3 Å². The third kappa shape index (κ3) is 5.90. The Morgan fingerprint density at radius 3 is 2.71 bits per heavy atom. The van der Waals surface area contributed by atoms with Crippen LogP contribution in [0.1, 0.15) is 37.2 Å². The molecule has 2 unspecified atom stereocenters. The van der Waals surface area contributed by atoms with Crippen molar-refractivity contribution in [1.29, 1.82) is 0 Å². The number of allylic oxidation sites excluding steroid dienone is 3. The average molecular weight is 615 g/mol. The fourth-order valence-corrected chi connectivity index (χ4v) is 7.38. The van der Waals surface area contributed by atoms with Gasteiger partial charge in [0.25, 0.3) is 0 Å². The zero-order valence-corrected chi connectivity index (χ0v) is 25.4. The normalized spacial score (nSPS) is 24.8. The van der Waals surface area contributed by atoms with Gasteiger partial charge in [-0.3, -0.25) is 14.8 Å². The smallest absolute Gasteiger partial charge is 0.147 e. The topological polar surface area (TPSA) is 43.3 Å². The maximum Gasteiger partial charge on any atom is 0.147 e. The van der Waals surface area contributed by atoms with Gasteiger partial charge in [0.1, 0.15) is 18.2 Å². The van der Waals surface area contributed by atoms with Crippen molar-refractivity contribution in [3.63, 3.8) is 0 Å². The van der Waals surface area contributed by atoms with Crippen molar-refractivity contribution in [3.05, 3.63) is 93.8 Å². The first kappa shape index (κ1) is 27.0. The molecule has 1 fully saturated rings. The van der Waals surface area contributed by atoms with Crippen molar-refractivity contribution in [1.82, 2.24) is 9.80 Å². The zero-order valence-electron chi connectivity index (χ0n) is 23.8. The summed E-state index contributed by atoms with van der Waals surface area (Å²) in [6.45, 7) is 9.18. The number of nitrogens with one attached hydrogen (secondary N) is 1. The summed E-state index contributed by atoms with van der Waals surface area (Å²) in [7, 11) is 0. The van der Waals surface area contributed by atoms with Gasteiger partial charge in [-0.2, -0.15) is 0 Å². The second kappa shape index (κ2) is 12.2. The van der Waals surface area contributed by atoms with E-state index in [0.29, 0.717) is 18.6 Å². The third-order valence-electron chi connectivity index (χ3n) is 9.41. The number of benzene rings is 2. The van der Waals surface area contributed by atoms with E-state index in [9.17, 15) is 0 Å². The van der Waals surface area contributed by atoms with Crippen LogP contribution in [0.25, 0.3) is 0 Å². The van der Waals surface area contributed by atoms with Crippen molar-refractivity contribution in [3.8, 4) is 0 Å². The Hall–Kier alpha value is -2.87. The number of ether oxygens (including phenoxy) is 1. The van der Waals surface area contributed by atoms with Gasteiger partial charge >= 0.3 is 0 Å². The minimum Gasteiger partial charge on any atom is -0.476 e. The highest BCUT2D eigenvalue weighted by Gasteiger charge is 2.34. The summed E-state index contributed by atoms with van der Waals surface area (Å²) in [5.41, 5.74) is 8.02. The van der Waals surface area contributed by atoms with E-state index in [2.05, 4.69) is 96.6 Å². The number of anilines is 2. The van der Waals surface area contributed by atoms with Crippen LogP contribution >= 0.6 is 15.9 Å². The lowest BCUT2D eigenvalue weighted by Crippen LogP contribution is -2.48. The van der Waals surface area contributed by atoms with Crippen molar-refractivity contribution in [2.24, 2.45) is 10.9 Å². The van der Waals surface area contributed by atoms with Gasteiger partial charge in [0, 0.05) is 80.3 Å². The second-order valence-electron chi connectivity index (χ2n) is 12.0. The summed E-state index contributed by atoms with van der Waals surface area (Å²) < 4.78 is 7.69. The Morgan fingerprint density at radius 1 is 0.976 bits per heavy atom. The molecule has 2 aromatic carbocycles. The van der Waals surface area contributed by atoms with Crippen molar-refractivity contribution in [2.75, 3.05) is 69.3 Å². The van der Waals surface area contributed by atoms with Gasteiger partial charge in [-0.1, -0.05) is 46.3 Å². The van der Waals surface area contributed by atoms with Gasteiger partial charge in [-0.15, -0.1) is 0 Å². The molecule has 1 aliphatic carbocycles. The molecular weight excluding hydrogens is 574 g/mol. The number of halogens is 1. The van der Waals surface area contributed by atoms with Crippen molar-refractivity contribution >= 4 is 33.0 Å². The minimum absolute atomic E-state index is 0.483. The SMILES string of the molecule is Brc1ccc(N2CCN(CC3CCC4=C(OCN(CCC5CNc6ccccc65)C4)C4=NC=CCC=C43)CC2)cc1. The van der Waals surface area contributed by atoms with Crippen LogP contribution < -0.4 is 10.2 Å². The fraction of sp³-hybridized carbons (Fsp3) is 0.441. The summed E-state index contributed by atoms with van der Waals surface area (Å²) in [5, 5.41) is 3.58. The molecule has 4 heterocycles. The first-order chi connectivity index (χ1) is 20.2. The number of nitrogens with zero attached hydrogens (tertiary/aromatic N) is 4. The zero-order chi connectivity index (χ0) is 27.6. The maximum absolute atomic E-state index is 6.55. The van der Waals surface area contributed by atoms with E-state index in [1.165, 1.54) is 28.1 Å². The van der Waals surface area contributed by atoms with Gasteiger partial charge in [-0.05, 0) is 78.6 Å². The molecule has 4 aliphatic heterocycles. The summed E-state index contributed by atoms with van der Waals surface area (Å²) in [5.74, 6) is 2.13. The van der Waals surface area contributed by atoms with E-state index in [1.54, 1.807) is 0 Å². The van der Waals surface area contributed by atoms with E-state index < -0.39 is 0 Å². The molecule has 5 aliphatic rings. The molecular formula is C34H40BrN5O. The molecule has 0 aromatic heterocycles. The molecule has 0 radical (unpaired) electrons. The standard InChI is InChI=1S/C34H40BrN5O/c35-28-10-12-29(13-11-28)40-19-17-38(18-20-40)22-26-8-9-27-23-39(16-14-25-21-37-32-7-2-1-5-30(25)32)24-41-34(27)33-31(26)6-3-4-15-36-33/h1-2,4-7,10-13,15,25-26,37H,3,8-9,14,16-24H2.